The molecule has 0 radical (unpaired) electrons. The van der Waals surface area contributed by atoms with Crippen molar-refractivity contribution in [1.82, 2.24) is 0 Å². The van der Waals surface area contributed by atoms with Gasteiger partial charge in [-0.2, -0.15) is 0 Å². The predicted octanol–water partition coefficient (Wildman–Crippen LogP) is 4.44. The number of nitro groups is 1. The number of rotatable bonds is 5. The van der Waals surface area contributed by atoms with Crippen LogP contribution in [0, 0.1) is 10.1 Å². The van der Waals surface area contributed by atoms with Crippen molar-refractivity contribution in [2.45, 2.75) is 0 Å². The molecule has 0 N–H and O–H groups in total. The van der Waals surface area contributed by atoms with Crippen LogP contribution in [0.25, 0.3) is 6.08 Å². The van der Waals surface area contributed by atoms with Crippen molar-refractivity contribution in [1.29, 1.82) is 0 Å². The summed E-state index contributed by atoms with van der Waals surface area (Å²) in [7, 11) is 1.53. The van der Waals surface area contributed by atoms with E-state index >= 15 is 0 Å². The lowest BCUT2D eigenvalue weighted by atomic mass is 10.1. The van der Waals surface area contributed by atoms with Gasteiger partial charge in [0.05, 0.1) is 23.2 Å². The first-order chi connectivity index (χ1) is 15.0. The Balaban J connectivity index is 1.56. The average molecular weight is 417 g/mol. The van der Waals surface area contributed by atoms with Crippen molar-refractivity contribution >= 4 is 23.5 Å². The number of hydrogen-bond donors (Lipinski definition) is 0. The molecule has 0 aromatic heterocycles. The third-order valence-corrected chi connectivity index (χ3v) is 4.57. The summed E-state index contributed by atoms with van der Waals surface area (Å²) < 4.78 is 16.3. The summed E-state index contributed by atoms with van der Waals surface area (Å²) in [5, 5.41) is 10.9. The normalized spacial score (nSPS) is 13.5. The van der Waals surface area contributed by atoms with Gasteiger partial charge in [-0.15, -0.1) is 0 Å². The Kier molecular flexibility index (Phi) is 5.19. The molecule has 0 unspecified atom stereocenters. The number of allylic oxidation sites excluding steroid dienone is 1. The summed E-state index contributed by atoms with van der Waals surface area (Å²) >= 11 is 0. The number of carbonyl (C=O) groups excluding carboxylic acids is 2. The number of non-ortho nitro benzene ring substituents is 1. The zero-order valence-corrected chi connectivity index (χ0v) is 16.2. The minimum atomic E-state index is -0.766. The number of Topliss-reactive ketones (excluding diaryl/α,β-unsaturated/α-hetero) is 1. The topological polar surface area (TPSA) is 105 Å². The van der Waals surface area contributed by atoms with Crippen LogP contribution in [0.5, 0.6) is 17.2 Å². The van der Waals surface area contributed by atoms with Gasteiger partial charge in [0.25, 0.3) is 5.69 Å². The van der Waals surface area contributed by atoms with Crippen LogP contribution in [-0.2, 0) is 0 Å². The molecule has 0 saturated heterocycles. The molecule has 0 saturated carbocycles. The van der Waals surface area contributed by atoms with Gasteiger partial charge in [-0.25, -0.2) is 4.79 Å². The van der Waals surface area contributed by atoms with Crippen LogP contribution in [-0.4, -0.2) is 23.8 Å². The smallest absolute Gasteiger partial charge is 0.343 e. The molecule has 154 valence electrons. The van der Waals surface area contributed by atoms with Crippen molar-refractivity contribution < 1.29 is 28.7 Å². The first-order valence-electron chi connectivity index (χ1n) is 9.14. The summed E-state index contributed by atoms with van der Waals surface area (Å²) in [6.45, 7) is 0. The Morgan fingerprint density at radius 3 is 2.65 bits per heavy atom. The number of methoxy groups -OCH3 is 1. The highest BCUT2D eigenvalue weighted by Crippen LogP contribution is 2.36. The lowest BCUT2D eigenvalue weighted by Gasteiger charge is -2.06. The molecule has 1 aliphatic heterocycles. The highest BCUT2D eigenvalue weighted by Gasteiger charge is 2.28. The van der Waals surface area contributed by atoms with E-state index in [1.54, 1.807) is 18.2 Å². The molecule has 0 atom stereocenters. The Hall–Kier alpha value is -4.46. The summed E-state index contributed by atoms with van der Waals surface area (Å²) in [5.41, 5.74) is 0.821. The Labute approximate surface area is 176 Å². The number of hydrogen-bond acceptors (Lipinski definition) is 7. The molecule has 8 heteroatoms. The van der Waals surface area contributed by atoms with E-state index in [-0.39, 0.29) is 34.3 Å². The molecular weight excluding hydrogens is 402 g/mol. The van der Waals surface area contributed by atoms with Crippen LogP contribution < -0.4 is 14.2 Å². The van der Waals surface area contributed by atoms with E-state index in [9.17, 15) is 19.7 Å². The fourth-order valence-electron chi connectivity index (χ4n) is 3.07. The number of carbonyl (C=O) groups is 2. The lowest BCUT2D eigenvalue weighted by Crippen LogP contribution is -2.08. The molecule has 0 bridgehead atoms. The average Bonchev–Trinajstić information content (AvgIpc) is 3.08. The highest BCUT2D eigenvalue weighted by atomic mass is 16.6. The second-order valence-corrected chi connectivity index (χ2v) is 6.54. The molecular formula is C23H15NO7. The van der Waals surface area contributed by atoms with Gasteiger partial charge in [-0.05, 0) is 30.3 Å². The lowest BCUT2D eigenvalue weighted by molar-refractivity contribution is -0.384. The fourth-order valence-corrected chi connectivity index (χ4v) is 3.07. The van der Waals surface area contributed by atoms with E-state index in [1.807, 2.05) is 12.1 Å². The van der Waals surface area contributed by atoms with Gasteiger partial charge in [0.15, 0.2) is 5.76 Å². The fraction of sp³-hybridized carbons (Fsp3) is 0.0435. The number of benzene rings is 3. The number of ether oxygens (including phenoxy) is 3. The number of para-hydroxylation sites is 1. The maximum Gasteiger partial charge on any atom is 0.343 e. The maximum atomic E-state index is 12.7. The van der Waals surface area contributed by atoms with Gasteiger partial charge in [0.2, 0.25) is 5.78 Å². The van der Waals surface area contributed by atoms with Gasteiger partial charge >= 0.3 is 5.97 Å². The van der Waals surface area contributed by atoms with E-state index in [1.165, 1.54) is 43.5 Å². The zero-order chi connectivity index (χ0) is 22.0. The molecule has 3 aromatic rings. The van der Waals surface area contributed by atoms with Gasteiger partial charge in [0, 0.05) is 23.8 Å². The standard InChI is InChI=1S/C23H15NO7/c1-29-19-8-3-2-5-14(19)12-21-22(25)18-10-9-17(13-20(18)31-21)30-23(26)15-6-4-7-16(11-15)24(27)28/h2-13H,1H3/b21-12-. The van der Waals surface area contributed by atoms with Crippen LogP contribution in [0.15, 0.2) is 72.5 Å². The predicted molar refractivity (Wildman–Crippen MR) is 110 cm³/mol. The third kappa shape index (κ3) is 3.99. The van der Waals surface area contributed by atoms with E-state index in [4.69, 9.17) is 14.2 Å². The summed E-state index contributed by atoms with van der Waals surface area (Å²) in [6, 6.07) is 16.8. The SMILES string of the molecule is COc1ccccc1/C=C1\Oc2cc(OC(=O)c3cccc([N+](=O)[O-])c3)ccc2C1=O. The van der Waals surface area contributed by atoms with Crippen LogP contribution in [0.4, 0.5) is 5.69 Å². The minimum absolute atomic E-state index is 0.0310. The van der Waals surface area contributed by atoms with E-state index in [0.29, 0.717) is 16.9 Å². The zero-order valence-electron chi connectivity index (χ0n) is 16.2. The van der Waals surface area contributed by atoms with Gasteiger partial charge in [-0.1, -0.05) is 24.3 Å². The summed E-state index contributed by atoms with van der Waals surface area (Å²) in [4.78, 5) is 35.3. The maximum absolute atomic E-state index is 12.7. The van der Waals surface area contributed by atoms with Crippen LogP contribution in [0.3, 0.4) is 0 Å². The molecule has 31 heavy (non-hydrogen) atoms. The van der Waals surface area contributed by atoms with Crippen molar-refractivity contribution in [3.63, 3.8) is 0 Å². The Bertz CT molecular complexity index is 1250. The van der Waals surface area contributed by atoms with Gasteiger partial charge in [-0.3, -0.25) is 14.9 Å². The number of nitrogens with zero attached hydrogens (tertiary/aromatic N) is 1. The van der Waals surface area contributed by atoms with Crippen molar-refractivity contribution in [3.8, 4) is 17.2 Å². The van der Waals surface area contributed by atoms with Crippen molar-refractivity contribution in [2.24, 2.45) is 0 Å². The molecule has 1 aliphatic rings. The minimum Gasteiger partial charge on any atom is -0.496 e. The molecule has 4 rings (SSSR count). The monoisotopic (exact) mass is 417 g/mol. The number of nitro benzene ring substituents is 1. The summed E-state index contributed by atoms with van der Waals surface area (Å²) in [6.07, 6.45) is 1.58. The van der Waals surface area contributed by atoms with Crippen LogP contribution in [0.2, 0.25) is 0 Å². The Morgan fingerprint density at radius 2 is 1.87 bits per heavy atom. The first-order valence-corrected chi connectivity index (χ1v) is 9.14. The molecule has 0 amide bonds. The van der Waals surface area contributed by atoms with Gasteiger partial charge < -0.3 is 14.2 Å². The van der Waals surface area contributed by atoms with Crippen LogP contribution in [0.1, 0.15) is 26.3 Å². The molecule has 1 heterocycles. The van der Waals surface area contributed by atoms with Gasteiger partial charge in [0.1, 0.15) is 17.2 Å². The molecule has 0 aliphatic carbocycles. The third-order valence-electron chi connectivity index (χ3n) is 4.57. The van der Waals surface area contributed by atoms with E-state index < -0.39 is 10.9 Å². The second kappa shape index (κ2) is 8.11. The largest absolute Gasteiger partial charge is 0.496 e. The molecule has 8 nitrogen and oxygen atoms in total. The number of ketones is 1. The summed E-state index contributed by atoms with van der Waals surface area (Å²) in [5.74, 6) is 0.0166. The second-order valence-electron chi connectivity index (χ2n) is 6.54. The van der Waals surface area contributed by atoms with Crippen molar-refractivity contribution in [3.05, 3.63) is 99.3 Å². The molecule has 3 aromatic carbocycles. The number of esters is 1. The van der Waals surface area contributed by atoms with Crippen molar-refractivity contribution in [2.75, 3.05) is 7.11 Å². The highest BCUT2D eigenvalue weighted by molar-refractivity contribution is 6.14. The molecule has 0 spiro atoms. The quantitative estimate of drug-likeness (QED) is 0.199. The molecule has 0 fully saturated rings. The number of fused-ring (bicyclic) bond motifs is 1. The van der Waals surface area contributed by atoms with Crippen LogP contribution >= 0.6 is 0 Å². The Morgan fingerprint density at radius 1 is 1.06 bits per heavy atom. The first kappa shape index (κ1) is 19.8. The van der Waals surface area contributed by atoms with E-state index in [2.05, 4.69) is 0 Å². The van der Waals surface area contributed by atoms with E-state index in [0.717, 1.165) is 6.07 Å².